The molecule has 2 aromatic carbocycles. The van der Waals surface area contributed by atoms with Gasteiger partial charge in [-0.05, 0) is 35.9 Å². The Hall–Kier alpha value is -4.68. The van der Waals surface area contributed by atoms with Crippen molar-refractivity contribution in [2.75, 3.05) is 45.9 Å². The summed E-state index contributed by atoms with van der Waals surface area (Å²) in [5.74, 6) is 0.782. The van der Waals surface area contributed by atoms with E-state index < -0.39 is 0 Å². The van der Waals surface area contributed by atoms with Gasteiger partial charge in [-0.1, -0.05) is 12.1 Å². The van der Waals surface area contributed by atoms with Crippen molar-refractivity contribution in [3.63, 3.8) is 0 Å². The van der Waals surface area contributed by atoms with E-state index in [1.54, 1.807) is 37.4 Å². The lowest BCUT2D eigenvalue weighted by Crippen LogP contribution is -2.48. The molecular formula is C28H28N6O6. The SMILES string of the molecule is CNC(=O)c1ccc(-c2c[nH]c3nc(Nc4ccc(C(=O)NC5COC5)cc4OC)nc(OC4COC4)c23)cc1. The third-order valence-electron chi connectivity index (χ3n) is 6.75. The fraction of sp³-hybridized carbons (Fsp3) is 0.286. The van der Waals surface area contributed by atoms with E-state index in [4.69, 9.17) is 23.9 Å². The van der Waals surface area contributed by atoms with Crippen molar-refractivity contribution in [3.05, 3.63) is 59.8 Å². The molecule has 2 aliphatic heterocycles. The lowest BCUT2D eigenvalue weighted by Gasteiger charge is -2.27. The number of aromatic nitrogens is 3. The number of hydrogen-bond donors (Lipinski definition) is 4. The molecule has 2 saturated heterocycles. The van der Waals surface area contributed by atoms with Gasteiger partial charge in [0.15, 0.2) is 0 Å². The van der Waals surface area contributed by atoms with E-state index in [1.807, 2.05) is 18.3 Å². The summed E-state index contributed by atoms with van der Waals surface area (Å²) < 4.78 is 22.2. The Bertz CT molecular complexity index is 1560. The Labute approximate surface area is 229 Å². The van der Waals surface area contributed by atoms with Crippen LogP contribution in [0.5, 0.6) is 11.6 Å². The van der Waals surface area contributed by atoms with Crippen molar-refractivity contribution in [1.29, 1.82) is 0 Å². The van der Waals surface area contributed by atoms with Crippen LogP contribution in [0.2, 0.25) is 0 Å². The zero-order chi connectivity index (χ0) is 27.6. The molecule has 0 aliphatic carbocycles. The molecule has 40 heavy (non-hydrogen) atoms. The Morgan fingerprint density at radius 2 is 1.73 bits per heavy atom. The van der Waals surface area contributed by atoms with Gasteiger partial charge in [-0.25, -0.2) is 0 Å². The van der Waals surface area contributed by atoms with Gasteiger partial charge < -0.3 is 39.9 Å². The van der Waals surface area contributed by atoms with Gasteiger partial charge in [0.05, 0.1) is 50.7 Å². The summed E-state index contributed by atoms with van der Waals surface area (Å²) in [6.07, 6.45) is 1.71. The van der Waals surface area contributed by atoms with Gasteiger partial charge in [-0.3, -0.25) is 9.59 Å². The molecule has 4 heterocycles. The molecule has 4 N–H and O–H groups in total. The molecule has 2 amide bonds. The van der Waals surface area contributed by atoms with Crippen molar-refractivity contribution < 1.29 is 28.5 Å². The second-order valence-corrected chi connectivity index (χ2v) is 9.46. The normalized spacial score (nSPS) is 15.2. The van der Waals surface area contributed by atoms with Gasteiger partial charge >= 0.3 is 0 Å². The number of aromatic amines is 1. The number of carbonyl (C=O) groups excluding carboxylic acids is 2. The van der Waals surface area contributed by atoms with Gasteiger partial charge in [0.2, 0.25) is 11.8 Å². The lowest BCUT2D eigenvalue weighted by atomic mass is 10.0. The Kier molecular flexibility index (Phi) is 6.93. The van der Waals surface area contributed by atoms with E-state index in [1.165, 1.54) is 7.11 Å². The minimum Gasteiger partial charge on any atom is -0.495 e. The number of anilines is 2. The first-order valence-corrected chi connectivity index (χ1v) is 12.8. The van der Waals surface area contributed by atoms with E-state index in [0.717, 1.165) is 11.1 Å². The summed E-state index contributed by atoms with van der Waals surface area (Å²) in [6.45, 7) is 1.97. The van der Waals surface area contributed by atoms with Crippen LogP contribution in [-0.4, -0.2) is 79.5 Å². The average molecular weight is 545 g/mol. The molecule has 0 spiro atoms. The molecule has 0 radical (unpaired) electrons. The monoisotopic (exact) mass is 544 g/mol. The Morgan fingerprint density at radius 3 is 2.38 bits per heavy atom. The summed E-state index contributed by atoms with van der Waals surface area (Å²) >= 11 is 0. The van der Waals surface area contributed by atoms with E-state index in [-0.39, 0.29) is 29.9 Å². The topological polar surface area (TPSA) is 149 Å². The van der Waals surface area contributed by atoms with Crippen LogP contribution in [0.25, 0.3) is 22.2 Å². The van der Waals surface area contributed by atoms with Crippen LogP contribution >= 0.6 is 0 Å². The van der Waals surface area contributed by atoms with E-state index in [9.17, 15) is 9.59 Å². The molecule has 0 bridgehead atoms. The number of fused-ring (bicyclic) bond motifs is 1. The molecule has 4 aromatic rings. The highest BCUT2D eigenvalue weighted by Gasteiger charge is 2.25. The van der Waals surface area contributed by atoms with E-state index >= 15 is 0 Å². The van der Waals surface area contributed by atoms with Gasteiger partial charge in [0.25, 0.3) is 11.8 Å². The van der Waals surface area contributed by atoms with E-state index in [0.29, 0.717) is 65.9 Å². The molecule has 206 valence electrons. The second kappa shape index (κ2) is 10.8. The third-order valence-corrected chi connectivity index (χ3v) is 6.75. The zero-order valence-corrected chi connectivity index (χ0v) is 21.9. The Balaban J connectivity index is 1.31. The minimum absolute atomic E-state index is 0.0235. The van der Waals surface area contributed by atoms with Crippen molar-refractivity contribution >= 4 is 34.5 Å². The number of amides is 2. The molecule has 2 fully saturated rings. The zero-order valence-electron chi connectivity index (χ0n) is 21.9. The largest absolute Gasteiger partial charge is 0.495 e. The molecule has 2 aromatic heterocycles. The number of nitrogens with zero attached hydrogens (tertiary/aromatic N) is 2. The fourth-order valence-electron chi connectivity index (χ4n) is 4.40. The highest BCUT2D eigenvalue weighted by molar-refractivity contribution is 5.99. The summed E-state index contributed by atoms with van der Waals surface area (Å²) in [7, 11) is 3.13. The van der Waals surface area contributed by atoms with Gasteiger partial charge in [0.1, 0.15) is 17.5 Å². The number of carbonyl (C=O) groups is 2. The predicted octanol–water partition coefficient (Wildman–Crippen LogP) is 2.64. The van der Waals surface area contributed by atoms with Gasteiger partial charge in [-0.15, -0.1) is 0 Å². The summed E-state index contributed by atoms with van der Waals surface area (Å²) in [6, 6.07) is 12.4. The molecule has 0 atom stereocenters. The highest BCUT2D eigenvalue weighted by atomic mass is 16.6. The van der Waals surface area contributed by atoms with Crippen molar-refractivity contribution in [2.24, 2.45) is 0 Å². The van der Waals surface area contributed by atoms with Crippen molar-refractivity contribution in [1.82, 2.24) is 25.6 Å². The summed E-state index contributed by atoms with van der Waals surface area (Å²) in [5, 5.41) is 9.46. The number of methoxy groups -OCH3 is 1. The number of benzene rings is 2. The molecule has 0 saturated carbocycles. The molecule has 0 unspecified atom stereocenters. The molecule has 6 rings (SSSR count). The van der Waals surface area contributed by atoms with Crippen LogP contribution in [0.1, 0.15) is 20.7 Å². The van der Waals surface area contributed by atoms with Crippen LogP contribution in [-0.2, 0) is 9.47 Å². The smallest absolute Gasteiger partial charge is 0.251 e. The Morgan fingerprint density at radius 1 is 0.975 bits per heavy atom. The van der Waals surface area contributed by atoms with Crippen molar-refractivity contribution in [2.45, 2.75) is 12.1 Å². The average Bonchev–Trinajstić information content (AvgIpc) is 3.36. The number of nitrogens with one attached hydrogen (secondary N) is 4. The van der Waals surface area contributed by atoms with Crippen LogP contribution in [0.4, 0.5) is 11.6 Å². The number of H-pyrrole nitrogens is 1. The fourth-order valence-corrected chi connectivity index (χ4v) is 4.40. The van der Waals surface area contributed by atoms with Crippen LogP contribution in [0.15, 0.2) is 48.7 Å². The number of hydrogen-bond acceptors (Lipinski definition) is 9. The third kappa shape index (κ3) is 5.01. The van der Waals surface area contributed by atoms with Crippen LogP contribution in [0.3, 0.4) is 0 Å². The molecule has 12 nitrogen and oxygen atoms in total. The maximum absolute atomic E-state index is 12.6. The number of ether oxygens (including phenoxy) is 4. The maximum Gasteiger partial charge on any atom is 0.251 e. The standard InChI is InChI=1S/C28H28N6O6/c1-29-25(35)16-5-3-15(4-6-16)20-10-30-24-23(20)27(40-19-13-39-14-19)34-28(33-24)32-21-8-7-17(9-22(21)37-2)26(36)31-18-11-38-12-18/h3-10,18-19H,11-14H2,1-2H3,(H,29,35)(H,31,36)(H2,30,32,33,34). The van der Waals surface area contributed by atoms with Crippen LogP contribution < -0.4 is 25.4 Å². The first-order valence-electron chi connectivity index (χ1n) is 12.8. The maximum atomic E-state index is 12.6. The van der Waals surface area contributed by atoms with Crippen molar-refractivity contribution in [3.8, 4) is 22.8 Å². The predicted molar refractivity (Wildman–Crippen MR) is 146 cm³/mol. The second-order valence-electron chi connectivity index (χ2n) is 9.46. The first kappa shape index (κ1) is 25.6. The van der Waals surface area contributed by atoms with Crippen LogP contribution in [0, 0.1) is 0 Å². The quantitative estimate of drug-likeness (QED) is 0.249. The number of rotatable bonds is 9. The summed E-state index contributed by atoms with van der Waals surface area (Å²) in [4.78, 5) is 37.1. The van der Waals surface area contributed by atoms with Gasteiger partial charge in [-0.2, -0.15) is 9.97 Å². The molecular weight excluding hydrogens is 516 g/mol. The first-order chi connectivity index (χ1) is 19.5. The van der Waals surface area contributed by atoms with E-state index in [2.05, 4.69) is 25.9 Å². The molecule has 2 aliphatic rings. The lowest BCUT2D eigenvalue weighted by molar-refractivity contribution is -0.0806. The van der Waals surface area contributed by atoms with Gasteiger partial charge in [0, 0.05) is 29.9 Å². The minimum atomic E-state index is -0.198. The summed E-state index contributed by atoms with van der Waals surface area (Å²) in [5.41, 5.74) is 3.89. The molecule has 12 heteroatoms. The highest BCUT2D eigenvalue weighted by Crippen LogP contribution is 2.36.